The fourth-order valence-corrected chi connectivity index (χ4v) is 3.97. The van der Waals surface area contributed by atoms with E-state index in [9.17, 15) is 17.6 Å². The summed E-state index contributed by atoms with van der Waals surface area (Å²) in [5.41, 5.74) is 1.91. The molecule has 0 aromatic heterocycles. The molecule has 0 atom stereocenters. The molecule has 0 heterocycles. The molecule has 0 spiro atoms. The van der Waals surface area contributed by atoms with Crippen LogP contribution in [0.2, 0.25) is 0 Å². The molecule has 8 heteroatoms. The molecule has 1 amide bonds. The first-order valence-corrected chi connectivity index (χ1v) is 9.88. The molecule has 27 heavy (non-hydrogen) atoms. The van der Waals surface area contributed by atoms with Crippen LogP contribution in [0.4, 0.5) is 4.39 Å². The molecule has 6 nitrogen and oxygen atoms in total. The van der Waals surface area contributed by atoms with E-state index in [1.165, 1.54) is 31.4 Å². The van der Waals surface area contributed by atoms with Gasteiger partial charge in [0, 0.05) is 13.1 Å². The highest BCUT2D eigenvalue weighted by Gasteiger charge is 2.19. The number of carbonyl (C=O) groups is 1. The van der Waals surface area contributed by atoms with Crippen LogP contribution >= 0.6 is 0 Å². The maximum absolute atomic E-state index is 13.1. The zero-order valence-corrected chi connectivity index (χ0v) is 16.3. The predicted molar refractivity (Wildman–Crippen MR) is 101 cm³/mol. The summed E-state index contributed by atoms with van der Waals surface area (Å²) in [7, 11) is -2.18. The number of hydrogen-bond acceptors (Lipinski definition) is 4. The Labute approximate surface area is 158 Å². The molecule has 0 aliphatic heterocycles. The summed E-state index contributed by atoms with van der Waals surface area (Å²) in [6.45, 7) is 3.68. The van der Waals surface area contributed by atoms with Gasteiger partial charge in [0.25, 0.3) is 0 Å². The van der Waals surface area contributed by atoms with Crippen molar-refractivity contribution in [2.24, 2.45) is 0 Å². The molecule has 0 fully saturated rings. The average Bonchev–Trinajstić information content (AvgIpc) is 2.61. The number of benzene rings is 2. The number of hydrogen-bond donors (Lipinski definition) is 2. The average molecular weight is 394 g/mol. The van der Waals surface area contributed by atoms with Crippen LogP contribution in [0.15, 0.2) is 41.3 Å². The Hall–Kier alpha value is -2.45. The number of nitrogens with one attached hydrogen (secondary N) is 2. The van der Waals surface area contributed by atoms with Gasteiger partial charge in [0.2, 0.25) is 15.9 Å². The van der Waals surface area contributed by atoms with Crippen LogP contribution in [0.3, 0.4) is 0 Å². The van der Waals surface area contributed by atoms with Crippen molar-refractivity contribution in [1.29, 1.82) is 0 Å². The summed E-state index contributed by atoms with van der Waals surface area (Å²) >= 11 is 0. The molecule has 0 saturated heterocycles. The van der Waals surface area contributed by atoms with Crippen LogP contribution in [-0.4, -0.2) is 34.5 Å². The molecule has 2 aromatic carbocycles. The van der Waals surface area contributed by atoms with E-state index in [0.717, 1.165) is 5.56 Å². The molecule has 0 radical (unpaired) electrons. The number of methoxy groups -OCH3 is 1. The van der Waals surface area contributed by atoms with Gasteiger partial charge in [0.15, 0.2) is 0 Å². The van der Waals surface area contributed by atoms with Crippen molar-refractivity contribution < 1.29 is 22.3 Å². The van der Waals surface area contributed by atoms with Gasteiger partial charge >= 0.3 is 0 Å². The van der Waals surface area contributed by atoms with Gasteiger partial charge in [-0.25, -0.2) is 17.5 Å². The van der Waals surface area contributed by atoms with E-state index in [1.54, 1.807) is 26.0 Å². The molecule has 0 saturated carbocycles. The first kappa shape index (κ1) is 20.9. The van der Waals surface area contributed by atoms with E-state index in [-0.39, 0.29) is 30.3 Å². The summed E-state index contributed by atoms with van der Waals surface area (Å²) in [4.78, 5) is 12.0. The Morgan fingerprint density at radius 3 is 2.52 bits per heavy atom. The predicted octanol–water partition coefficient (Wildman–Crippen LogP) is 2.09. The van der Waals surface area contributed by atoms with Gasteiger partial charge in [0.1, 0.15) is 11.6 Å². The molecule has 0 aliphatic rings. The van der Waals surface area contributed by atoms with Crippen molar-refractivity contribution >= 4 is 15.9 Å². The summed E-state index contributed by atoms with van der Waals surface area (Å²) in [6, 6.07) is 8.88. The molecule has 2 N–H and O–H groups in total. The number of ether oxygens (including phenoxy) is 1. The summed E-state index contributed by atoms with van der Waals surface area (Å²) in [5.74, 6) is -0.0921. The molecule has 146 valence electrons. The Bertz CT molecular complexity index is 929. The Morgan fingerprint density at radius 2 is 1.85 bits per heavy atom. The number of rotatable bonds is 8. The Balaban J connectivity index is 1.89. The third-order valence-electron chi connectivity index (χ3n) is 4.19. The van der Waals surface area contributed by atoms with Gasteiger partial charge in [-0.15, -0.1) is 0 Å². The summed E-state index contributed by atoms with van der Waals surface area (Å²) in [5, 5.41) is 2.61. The molecule has 0 bridgehead atoms. The maximum Gasteiger partial charge on any atom is 0.240 e. The first-order valence-electron chi connectivity index (χ1n) is 8.39. The number of halogens is 1. The number of carbonyl (C=O) groups excluding carboxylic acids is 1. The number of amides is 1. The Kier molecular flexibility index (Phi) is 6.92. The standard InChI is InChI=1S/C19H23FN2O4S/c1-13-14(2)18(8-7-17(13)26-3)27(24,25)22-10-9-21-19(23)12-15-5-4-6-16(20)11-15/h4-8,11,22H,9-10,12H2,1-3H3,(H,21,23). The quantitative estimate of drug-likeness (QED) is 0.672. The lowest BCUT2D eigenvalue weighted by Gasteiger charge is -2.14. The van der Waals surface area contributed by atoms with E-state index < -0.39 is 15.8 Å². The van der Waals surface area contributed by atoms with E-state index in [0.29, 0.717) is 16.9 Å². The smallest absolute Gasteiger partial charge is 0.240 e. The highest BCUT2D eigenvalue weighted by atomic mass is 32.2. The molecular weight excluding hydrogens is 371 g/mol. The van der Waals surface area contributed by atoms with Crippen LogP contribution < -0.4 is 14.8 Å². The lowest BCUT2D eigenvalue weighted by Crippen LogP contribution is -2.35. The van der Waals surface area contributed by atoms with Gasteiger partial charge < -0.3 is 10.1 Å². The summed E-state index contributed by atoms with van der Waals surface area (Å²) in [6.07, 6.45) is 0.0291. The van der Waals surface area contributed by atoms with Crippen molar-refractivity contribution in [3.63, 3.8) is 0 Å². The van der Waals surface area contributed by atoms with Crippen molar-refractivity contribution in [2.45, 2.75) is 25.2 Å². The van der Waals surface area contributed by atoms with Crippen LogP contribution in [0.25, 0.3) is 0 Å². The van der Waals surface area contributed by atoms with E-state index in [4.69, 9.17) is 4.74 Å². The normalized spacial score (nSPS) is 11.3. The first-order chi connectivity index (χ1) is 12.7. The topological polar surface area (TPSA) is 84.5 Å². The third kappa shape index (κ3) is 5.51. The lowest BCUT2D eigenvalue weighted by atomic mass is 10.1. The fraction of sp³-hybridized carbons (Fsp3) is 0.316. The lowest BCUT2D eigenvalue weighted by molar-refractivity contribution is -0.120. The largest absolute Gasteiger partial charge is 0.496 e. The molecular formula is C19H23FN2O4S. The molecule has 0 aliphatic carbocycles. The monoisotopic (exact) mass is 394 g/mol. The minimum atomic E-state index is -3.71. The van der Waals surface area contributed by atoms with Crippen LogP contribution in [0, 0.1) is 19.7 Å². The van der Waals surface area contributed by atoms with Crippen molar-refractivity contribution in [1.82, 2.24) is 10.0 Å². The van der Waals surface area contributed by atoms with Crippen LogP contribution in [0.1, 0.15) is 16.7 Å². The van der Waals surface area contributed by atoms with Crippen molar-refractivity contribution in [2.75, 3.05) is 20.2 Å². The highest BCUT2D eigenvalue weighted by Crippen LogP contribution is 2.26. The zero-order valence-electron chi connectivity index (χ0n) is 15.5. The van der Waals surface area contributed by atoms with E-state index in [2.05, 4.69) is 10.0 Å². The minimum absolute atomic E-state index is 0.0291. The van der Waals surface area contributed by atoms with Gasteiger partial charge in [-0.05, 0) is 54.8 Å². The molecule has 2 aromatic rings. The van der Waals surface area contributed by atoms with Gasteiger partial charge in [-0.3, -0.25) is 4.79 Å². The Morgan fingerprint density at radius 1 is 1.11 bits per heavy atom. The van der Waals surface area contributed by atoms with E-state index in [1.807, 2.05) is 0 Å². The zero-order chi connectivity index (χ0) is 20.0. The minimum Gasteiger partial charge on any atom is -0.496 e. The van der Waals surface area contributed by atoms with Crippen LogP contribution in [-0.2, 0) is 21.2 Å². The molecule has 2 rings (SSSR count). The molecule has 0 unspecified atom stereocenters. The van der Waals surface area contributed by atoms with Crippen molar-refractivity contribution in [3.8, 4) is 5.75 Å². The second-order valence-electron chi connectivity index (χ2n) is 6.07. The van der Waals surface area contributed by atoms with Gasteiger partial charge in [-0.2, -0.15) is 0 Å². The maximum atomic E-state index is 13.1. The van der Waals surface area contributed by atoms with E-state index >= 15 is 0 Å². The highest BCUT2D eigenvalue weighted by molar-refractivity contribution is 7.89. The van der Waals surface area contributed by atoms with Crippen molar-refractivity contribution in [3.05, 3.63) is 58.9 Å². The second kappa shape index (κ2) is 8.96. The van der Waals surface area contributed by atoms with Crippen LogP contribution in [0.5, 0.6) is 5.75 Å². The SMILES string of the molecule is COc1ccc(S(=O)(=O)NCCNC(=O)Cc2cccc(F)c2)c(C)c1C. The van der Waals surface area contributed by atoms with Gasteiger partial charge in [0.05, 0.1) is 18.4 Å². The second-order valence-corrected chi connectivity index (χ2v) is 7.81. The fourth-order valence-electron chi connectivity index (χ4n) is 2.64. The number of sulfonamides is 1. The summed E-state index contributed by atoms with van der Waals surface area (Å²) < 4.78 is 45.7. The van der Waals surface area contributed by atoms with Gasteiger partial charge in [-0.1, -0.05) is 12.1 Å². The third-order valence-corrected chi connectivity index (χ3v) is 5.80.